The van der Waals surface area contributed by atoms with E-state index in [-0.39, 0.29) is 17.9 Å². The normalized spacial score (nSPS) is 23.7. The summed E-state index contributed by atoms with van der Waals surface area (Å²) in [4.78, 5) is 37.1. The van der Waals surface area contributed by atoms with Gasteiger partial charge in [-0.2, -0.15) is 0 Å². The van der Waals surface area contributed by atoms with Crippen molar-refractivity contribution < 1.29 is 19.5 Å². The Kier molecular flexibility index (Phi) is 8.88. The molecule has 154 valence electrons. The second-order valence-electron chi connectivity index (χ2n) is 8.22. The lowest BCUT2D eigenvalue weighted by atomic mass is 9.90. The van der Waals surface area contributed by atoms with Crippen molar-refractivity contribution in [3.8, 4) is 0 Å². The molecule has 1 aliphatic heterocycles. The molecular formula is C20H35N3O4. The summed E-state index contributed by atoms with van der Waals surface area (Å²) in [5.41, 5.74) is 0. The molecule has 2 atom stereocenters. The van der Waals surface area contributed by atoms with Crippen LogP contribution in [0.15, 0.2) is 0 Å². The molecule has 0 bridgehead atoms. The average Bonchev–Trinajstić information content (AvgIpc) is 2.64. The van der Waals surface area contributed by atoms with Gasteiger partial charge in [0.25, 0.3) is 0 Å². The van der Waals surface area contributed by atoms with E-state index in [1.165, 1.54) is 19.3 Å². The number of aliphatic carboxylic acids is 1. The summed E-state index contributed by atoms with van der Waals surface area (Å²) in [7, 11) is 0. The van der Waals surface area contributed by atoms with E-state index >= 15 is 0 Å². The maximum atomic E-state index is 12.3. The Hall–Kier alpha value is -1.79. The van der Waals surface area contributed by atoms with E-state index in [1.54, 1.807) is 4.90 Å². The minimum absolute atomic E-state index is 0.0517. The molecule has 7 nitrogen and oxygen atoms in total. The first-order valence-electron chi connectivity index (χ1n) is 10.5. The first-order valence-corrected chi connectivity index (χ1v) is 10.5. The van der Waals surface area contributed by atoms with Crippen LogP contribution in [0, 0.1) is 11.8 Å². The molecule has 0 spiro atoms. The molecule has 2 rings (SSSR count). The number of carboxylic acid groups (broad SMARTS) is 1. The number of unbranched alkanes of at least 4 members (excludes halogenated alkanes) is 2. The van der Waals surface area contributed by atoms with Gasteiger partial charge in [-0.1, -0.05) is 32.6 Å². The SMILES string of the molecule is CC1CC(C(=O)O)CN(C(=O)CCCCCNC(=O)NC2CCCCC2)C1. The van der Waals surface area contributed by atoms with Crippen LogP contribution >= 0.6 is 0 Å². The van der Waals surface area contributed by atoms with Crippen molar-refractivity contribution in [3.05, 3.63) is 0 Å². The number of hydrogen-bond acceptors (Lipinski definition) is 3. The maximum Gasteiger partial charge on any atom is 0.315 e. The van der Waals surface area contributed by atoms with E-state index in [4.69, 9.17) is 0 Å². The lowest BCUT2D eigenvalue weighted by Gasteiger charge is -2.34. The number of carboxylic acids is 1. The first kappa shape index (κ1) is 21.5. The molecule has 2 unspecified atom stereocenters. The third-order valence-corrected chi connectivity index (χ3v) is 5.66. The number of nitrogens with zero attached hydrogens (tertiary/aromatic N) is 1. The number of piperidine rings is 1. The Morgan fingerprint density at radius 3 is 2.48 bits per heavy atom. The van der Waals surface area contributed by atoms with Crippen molar-refractivity contribution in [1.29, 1.82) is 0 Å². The van der Waals surface area contributed by atoms with E-state index in [2.05, 4.69) is 10.6 Å². The fraction of sp³-hybridized carbons (Fsp3) is 0.850. The van der Waals surface area contributed by atoms with Gasteiger partial charge in [0.05, 0.1) is 5.92 Å². The Morgan fingerprint density at radius 2 is 1.78 bits per heavy atom. The van der Waals surface area contributed by atoms with E-state index < -0.39 is 11.9 Å². The summed E-state index contributed by atoms with van der Waals surface area (Å²) < 4.78 is 0. The summed E-state index contributed by atoms with van der Waals surface area (Å²) >= 11 is 0. The lowest BCUT2D eigenvalue weighted by molar-refractivity contribution is -0.146. The van der Waals surface area contributed by atoms with Crippen LogP contribution in [-0.2, 0) is 9.59 Å². The van der Waals surface area contributed by atoms with Gasteiger partial charge in [0.1, 0.15) is 0 Å². The lowest BCUT2D eigenvalue weighted by Crippen LogP contribution is -2.45. The molecule has 0 aromatic rings. The molecule has 1 heterocycles. The number of likely N-dealkylation sites (tertiary alicyclic amines) is 1. The topological polar surface area (TPSA) is 98.7 Å². The van der Waals surface area contributed by atoms with E-state index in [0.29, 0.717) is 38.5 Å². The van der Waals surface area contributed by atoms with Crippen molar-refractivity contribution >= 4 is 17.9 Å². The third kappa shape index (κ3) is 7.77. The molecule has 1 aliphatic carbocycles. The number of urea groups is 1. The maximum absolute atomic E-state index is 12.3. The van der Waals surface area contributed by atoms with Gasteiger partial charge in [0.15, 0.2) is 0 Å². The number of carbonyl (C=O) groups excluding carboxylic acids is 2. The molecule has 3 N–H and O–H groups in total. The molecule has 27 heavy (non-hydrogen) atoms. The molecule has 0 radical (unpaired) electrons. The van der Waals surface area contributed by atoms with E-state index in [1.807, 2.05) is 6.92 Å². The number of nitrogens with one attached hydrogen (secondary N) is 2. The third-order valence-electron chi connectivity index (χ3n) is 5.66. The molecule has 1 saturated carbocycles. The summed E-state index contributed by atoms with van der Waals surface area (Å²) in [6.07, 6.45) is 9.41. The zero-order valence-electron chi connectivity index (χ0n) is 16.5. The van der Waals surface area contributed by atoms with Gasteiger partial charge < -0.3 is 20.6 Å². The second kappa shape index (κ2) is 11.1. The fourth-order valence-electron chi connectivity index (χ4n) is 4.16. The smallest absolute Gasteiger partial charge is 0.315 e. The van der Waals surface area contributed by atoms with Crippen molar-refractivity contribution in [1.82, 2.24) is 15.5 Å². The monoisotopic (exact) mass is 381 g/mol. The van der Waals surface area contributed by atoms with Crippen LogP contribution in [0.5, 0.6) is 0 Å². The highest BCUT2D eigenvalue weighted by atomic mass is 16.4. The van der Waals surface area contributed by atoms with Crippen LogP contribution in [0.2, 0.25) is 0 Å². The molecule has 1 saturated heterocycles. The van der Waals surface area contributed by atoms with Gasteiger partial charge in [-0.25, -0.2) is 4.79 Å². The van der Waals surface area contributed by atoms with Crippen LogP contribution in [0.25, 0.3) is 0 Å². The van der Waals surface area contributed by atoms with Crippen LogP contribution < -0.4 is 10.6 Å². The molecule has 2 fully saturated rings. The summed E-state index contributed by atoms with van der Waals surface area (Å²) in [5.74, 6) is -0.965. The minimum Gasteiger partial charge on any atom is -0.481 e. The van der Waals surface area contributed by atoms with E-state index in [0.717, 1.165) is 32.1 Å². The number of hydrogen-bond donors (Lipinski definition) is 3. The Balaban J connectivity index is 1.53. The predicted molar refractivity (Wildman–Crippen MR) is 103 cm³/mol. The molecule has 2 aliphatic rings. The summed E-state index contributed by atoms with van der Waals surface area (Å²) in [6, 6.07) is 0.234. The van der Waals surface area contributed by atoms with Crippen molar-refractivity contribution in [2.45, 2.75) is 77.2 Å². The van der Waals surface area contributed by atoms with Gasteiger partial charge in [-0.3, -0.25) is 9.59 Å². The summed E-state index contributed by atoms with van der Waals surface area (Å²) in [6.45, 7) is 3.61. The van der Waals surface area contributed by atoms with Crippen LogP contribution in [0.1, 0.15) is 71.1 Å². The highest BCUT2D eigenvalue weighted by Crippen LogP contribution is 2.22. The average molecular weight is 382 g/mol. The van der Waals surface area contributed by atoms with Gasteiger partial charge >= 0.3 is 12.0 Å². The van der Waals surface area contributed by atoms with Gasteiger partial charge in [0, 0.05) is 32.1 Å². The second-order valence-corrected chi connectivity index (χ2v) is 8.22. The molecular weight excluding hydrogens is 346 g/mol. The van der Waals surface area contributed by atoms with Gasteiger partial charge in [0.2, 0.25) is 5.91 Å². The Bertz CT molecular complexity index is 505. The largest absolute Gasteiger partial charge is 0.481 e. The zero-order chi connectivity index (χ0) is 19.6. The van der Waals surface area contributed by atoms with Crippen LogP contribution in [0.3, 0.4) is 0 Å². The number of rotatable bonds is 8. The molecule has 3 amide bonds. The van der Waals surface area contributed by atoms with Crippen molar-refractivity contribution in [2.24, 2.45) is 11.8 Å². The van der Waals surface area contributed by atoms with Gasteiger partial charge in [-0.15, -0.1) is 0 Å². The highest BCUT2D eigenvalue weighted by Gasteiger charge is 2.31. The van der Waals surface area contributed by atoms with Crippen molar-refractivity contribution in [2.75, 3.05) is 19.6 Å². The Morgan fingerprint density at radius 1 is 1.04 bits per heavy atom. The van der Waals surface area contributed by atoms with Crippen LogP contribution in [-0.4, -0.2) is 53.6 Å². The quantitative estimate of drug-likeness (QED) is 0.563. The fourth-order valence-corrected chi connectivity index (χ4v) is 4.16. The minimum atomic E-state index is -0.808. The first-order chi connectivity index (χ1) is 13.0. The molecule has 0 aromatic carbocycles. The van der Waals surface area contributed by atoms with Crippen LogP contribution in [0.4, 0.5) is 4.79 Å². The number of carbonyl (C=O) groups is 3. The van der Waals surface area contributed by atoms with Gasteiger partial charge in [-0.05, 0) is 38.0 Å². The Labute approximate surface area is 162 Å². The zero-order valence-corrected chi connectivity index (χ0v) is 16.5. The standard InChI is InChI=1S/C20H35N3O4/c1-15-12-16(19(25)26)14-23(13-15)18(24)10-6-3-7-11-21-20(27)22-17-8-4-2-5-9-17/h15-17H,2-14H2,1H3,(H,25,26)(H2,21,22,27). The van der Waals surface area contributed by atoms with Crippen molar-refractivity contribution in [3.63, 3.8) is 0 Å². The number of amides is 3. The molecule has 0 aromatic heterocycles. The predicted octanol–water partition coefficient (Wildman–Crippen LogP) is 2.75. The highest BCUT2D eigenvalue weighted by molar-refractivity contribution is 5.78. The molecule has 7 heteroatoms. The summed E-state index contributed by atoms with van der Waals surface area (Å²) in [5, 5.41) is 15.1. The van der Waals surface area contributed by atoms with E-state index in [9.17, 15) is 19.5 Å².